The van der Waals surface area contributed by atoms with Crippen molar-refractivity contribution in [3.05, 3.63) is 48.0 Å². The van der Waals surface area contributed by atoms with E-state index in [0.29, 0.717) is 13.2 Å². The van der Waals surface area contributed by atoms with Gasteiger partial charge in [-0.15, -0.1) is 0 Å². The van der Waals surface area contributed by atoms with E-state index in [9.17, 15) is 4.79 Å². The number of carbonyl (C=O) groups excluding carboxylic acids is 1. The Kier molecular flexibility index (Phi) is 2.60. The Bertz CT molecular complexity index is 794. The van der Waals surface area contributed by atoms with Crippen molar-refractivity contribution in [1.82, 2.24) is 0 Å². The highest BCUT2D eigenvalue weighted by Crippen LogP contribution is 2.30. The fourth-order valence-electron chi connectivity index (χ4n) is 2.86. The van der Waals surface area contributed by atoms with Crippen LogP contribution < -0.4 is 0 Å². The predicted molar refractivity (Wildman–Crippen MR) is 77.0 cm³/mol. The number of ketones is 1. The summed E-state index contributed by atoms with van der Waals surface area (Å²) in [6.45, 7) is 1.23. The lowest BCUT2D eigenvalue weighted by molar-refractivity contribution is 0.0900. The zero-order valence-electron chi connectivity index (χ0n) is 11.0. The number of para-hydroxylation sites is 1. The Balaban J connectivity index is 1.85. The van der Waals surface area contributed by atoms with Crippen LogP contribution in [-0.2, 0) is 4.74 Å². The summed E-state index contributed by atoms with van der Waals surface area (Å²) in [6.07, 6.45) is 0.822. The first-order valence-corrected chi connectivity index (χ1v) is 6.86. The second kappa shape index (κ2) is 4.46. The molecule has 3 nitrogen and oxygen atoms in total. The van der Waals surface area contributed by atoms with Gasteiger partial charge in [-0.1, -0.05) is 18.2 Å². The largest absolute Gasteiger partial charge is 0.456 e. The number of Topliss-reactive ketones (excluding diaryl/α,β-unsaturated/α-hetero) is 1. The summed E-state index contributed by atoms with van der Waals surface area (Å²) in [5.74, 6) is 0.181. The van der Waals surface area contributed by atoms with Gasteiger partial charge >= 0.3 is 0 Å². The van der Waals surface area contributed by atoms with Crippen molar-refractivity contribution in [2.24, 2.45) is 5.92 Å². The molecule has 0 bridgehead atoms. The van der Waals surface area contributed by atoms with Gasteiger partial charge in [-0.3, -0.25) is 4.79 Å². The quantitative estimate of drug-likeness (QED) is 0.662. The first-order valence-electron chi connectivity index (χ1n) is 6.86. The predicted octanol–water partition coefficient (Wildman–Crippen LogP) is 3.81. The number of hydrogen-bond donors (Lipinski definition) is 0. The zero-order valence-corrected chi connectivity index (χ0v) is 11.0. The normalized spacial score (nSPS) is 18.9. The molecule has 0 N–H and O–H groups in total. The molecule has 1 aliphatic rings. The molecule has 4 rings (SSSR count). The molecule has 1 aromatic heterocycles. The van der Waals surface area contributed by atoms with Gasteiger partial charge < -0.3 is 9.15 Å². The lowest BCUT2D eigenvalue weighted by Crippen LogP contribution is -2.14. The van der Waals surface area contributed by atoms with E-state index in [1.54, 1.807) is 0 Å². The van der Waals surface area contributed by atoms with Crippen molar-refractivity contribution in [1.29, 1.82) is 0 Å². The summed E-state index contributed by atoms with van der Waals surface area (Å²) in [7, 11) is 0. The van der Waals surface area contributed by atoms with Crippen LogP contribution in [0.3, 0.4) is 0 Å². The molecule has 1 fully saturated rings. The molecule has 1 unspecified atom stereocenters. The molecular weight excluding hydrogens is 252 g/mol. The Morgan fingerprint density at radius 2 is 1.90 bits per heavy atom. The Morgan fingerprint density at radius 1 is 1.05 bits per heavy atom. The molecule has 1 aliphatic heterocycles. The minimum Gasteiger partial charge on any atom is -0.456 e. The minimum atomic E-state index is 0.00520. The first kappa shape index (κ1) is 11.7. The number of rotatable bonds is 2. The third-order valence-electron chi connectivity index (χ3n) is 3.96. The van der Waals surface area contributed by atoms with Gasteiger partial charge in [0.1, 0.15) is 11.2 Å². The summed E-state index contributed by atoms with van der Waals surface area (Å²) >= 11 is 0. The maximum Gasteiger partial charge on any atom is 0.168 e. The third-order valence-corrected chi connectivity index (χ3v) is 3.96. The molecule has 0 amide bonds. The monoisotopic (exact) mass is 266 g/mol. The molecule has 3 aromatic rings. The lowest BCUT2D eigenvalue weighted by atomic mass is 9.96. The molecule has 0 saturated carbocycles. The average Bonchev–Trinajstić information content (AvgIpc) is 3.13. The molecule has 100 valence electrons. The topological polar surface area (TPSA) is 39.4 Å². The number of furan rings is 1. The van der Waals surface area contributed by atoms with Gasteiger partial charge in [0.2, 0.25) is 0 Å². The van der Waals surface area contributed by atoms with E-state index in [2.05, 4.69) is 0 Å². The van der Waals surface area contributed by atoms with Crippen molar-refractivity contribution < 1.29 is 13.9 Å². The van der Waals surface area contributed by atoms with Gasteiger partial charge in [0, 0.05) is 28.9 Å². The number of carbonyl (C=O) groups is 1. The second-order valence-electron chi connectivity index (χ2n) is 5.23. The Morgan fingerprint density at radius 3 is 2.75 bits per heavy atom. The first-order chi connectivity index (χ1) is 9.83. The molecule has 2 aromatic carbocycles. The minimum absolute atomic E-state index is 0.00520. The molecule has 2 heterocycles. The average molecular weight is 266 g/mol. The van der Waals surface area contributed by atoms with Crippen LogP contribution in [0.5, 0.6) is 0 Å². The van der Waals surface area contributed by atoms with Crippen molar-refractivity contribution >= 4 is 27.7 Å². The highest BCUT2D eigenvalue weighted by atomic mass is 16.5. The number of hydrogen-bond acceptors (Lipinski definition) is 3. The van der Waals surface area contributed by atoms with Crippen LogP contribution in [0.15, 0.2) is 46.9 Å². The molecule has 20 heavy (non-hydrogen) atoms. The second-order valence-corrected chi connectivity index (χ2v) is 5.23. The van der Waals surface area contributed by atoms with E-state index >= 15 is 0 Å². The van der Waals surface area contributed by atoms with E-state index in [0.717, 1.165) is 33.9 Å². The van der Waals surface area contributed by atoms with Crippen molar-refractivity contribution in [2.45, 2.75) is 6.42 Å². The Labute approximate surface area is 116 Å². The maximum absolute atomic E-state index is 12.4. The summed E-state index contributed by atoms with van der Waals surface area (Å²) < 4.78 is 11.1. The van der Waals surface area contributed by atoms with Gasteiger partial charge in [-0.25, -0.2) is 0 Å². The number of benzene rings is 2. The van der Waals surface area contributed by atoms with Crippen LogP contribution in [0, 0.1) is 5.92 Å². The van der Waals surface area contributed by atoms with Crippen molar-refractivity contribution in [3.63, 3.8) is 0 Å². The fourth-order valence-corrected chi connectivity index (χ4v) is 2.86. The number of ether oxygens (including phenoxy) is 1. The standard InChI is InChI=1S/C17H14O3/c18-17(12-7-8-19-10-12)11-5-6-16-14(9-11)13-3-1-2-4-15(13)20-16/h1-6,9,12H,7-8,10H2. The molecule has 1 atom stereocenters. The van der Waals surface area contributed by atoms with Crippen LogP contribution >= 0.6 is 0 Å². The fraction of sp³-hybridized carbons (Fsp3) is 0.235. The smallest absolute Gasteiger partial charge is 0.168 e. The molecule has 3 heteroatoms. The maximum atomic E-state index is 12.4. The summed E-state index contributed by atoms with van der Waals surface area (Å²) in [6, 6.07) is 13.6. The Hall–Kier alpha value is -2.13. The third kappa shape index (κ3) is 1.74. The van der Waals surface area contributed by atoms with Gasteiger partial charge in [-0.05, 0) is 30.7 Å². The molecular formula is C17H14O3. The van der Waals surface area contributed by atoms with Gasteiger partial charge in [-0.2, -0.15) is 0 Å². The van der Waals surface area contributed by atoms with Crippen LogP contribution in [0.2, 0.25) is 0 Å². The summed E-state index contributed by atoms with van der Waals surface area (Å²) in [5.41, 5.74) is 2.43. The zero-order chi connectivity index (χ0) is 13.5. The highest BCUT2D eigenvalue weighted by Gasteiger charge is 2.25. The van der Waals surface area contributed by atoms with E-state index in [1.807, 2.05) is 42.5 Å². The van der Waals surface area contributed by atoms with Crippen molar-refractivity contribution in [2.75, 3.05) is 13.2 Å². The van der Waals surface area contributed by atoms with E-state index in [1.165, 1.54) is 0 Å². The molecule has 0 aliphatic carbocycles. The summed E-state index contributed by atoms with van der Waals surface area (Å²) in [4.78, 5) is 12.4. The van der Waals surface area contributed by atoms with Crippen LogP contribution in [0.1, 0.15) is 16.8 Å². The van der Waals surface area contributed by atoms with E-state index in [-0.39, 0.29) is 11.7 Å². The lowest BCUT2D eigenvalue weighted by Gasteiger charge is -2.06. The van der Waals surface area contributed by atoms with Gasteiger partial charge in [0.15, 0.2) is 5.78 Å². The highest BCUT2D eigenvalue weighted by molar-refractivity contribution is 6.08. The van der Waals surface area contributed by atoms with Crippen LogP contribution in [-0.4, -0.2) is 19.0 Å². The SMILES string of the molecule is O=C(c1ccc2oc3ccccc3c2c1)C1CCOC1. The van der Waals surface area contributed by atoms with E-state index in [4.69, 9.17) is 9.15 Å². The van der Waals surface area contributed by atoms with Crippen molar-refractivity contribution in [3.8, 4) is 0 Å². The summed E-state index contributed by atoms with van der Waals surface area (Å²) in [5, 5.41) is 2.06. The van der Waals surface area contributed by atoms with E-state index < -0.39 is 0 Å². The van der Waals surface area contributed by atoms with Crippen LogP contribution in [0.25, 0.3) is 21.9 Å². The number of fused-ring (bicyclic) bond motifs is 3. The molecule has 0 spiro atoms. The van der Waals surface area contributed by atoms with Gasteiger partial charge in [0.05, 0.1) is 6.61 Å². The molecule has 1 saturated heterocycles. The van der Waals surface area contributed by atoms with Crippen LogP contribution in [0.4, 0.5) is 0 Å². The van der Waals surface area contributed by atoms with Gasteiger partial charge in [0.25, 0.3) is 0 Å². The molecule has 0 radical (unpaired) electrons.